The van der Waals surface area contributed by atoms with Crippen LogP contribution in [0.3, 0.4) is 0 Å². The van der Waals surface area contributed by atoms with Crippen molar-refractivity contribution in [3.05, 3.63) is 40.9 Å². The standard InChI is InChI=1S/C13H11Cl2N5O2S/c14-11(15)12(22)17-13-20-19-10(23-13)6-9(21)18-16-7-8-4-2-1-3-5-8/h1-5,7,11H,6H2,(H,18,21)(H,17,20,22)/b16-7-. The molecule has 7 nitrogen and oxygen atoms in total. The molecule has 1 aromatic carbocycles. The van der Waals surface area contributed by atoms with Crippen molar-refractivity contribution in [2.24, 2.45) is 5.10 Å². The van der Waals surface area contributed by atoms with Crippen LogP contribution in [0.15, 0.2) is 35.4 Å². The van der Waals surface area contributed by atoms with Gasteiger partial charge in [0.2, 0.25) is 11.0 Å². The van der Waals surface area contributed by atoms with Crippen molar-refractivity contribution in [3.63, 3.8) is 0 Å². The number of nitrogens with one attached hydrogen (secondary N) is 2. The van der Waals surface area contributed by atoms with Crippen molar-refractivity contribution in [3.8, 4) is 0 Å². The Labute approximate surface area is 145 Å². The van der Waals surface area contributed by atoms with Crippen LogP contribution in [-0.2, 0) is 16.0 Å². The number of benzene rings is 1. The van der Waals surface area contributed by atoms with Crippen LogP contribution in [0.5, 0.6) is 0 Å². The summed E-state index contributed by atoms with van der Waals surface area (Å²) in [5, 5.41) is 14.4. The van der Waals surface area contributed by atoms with Gasteiger partial charge in [0.1, 0.15) is 5.01 Å². The summed E-state index contributed by atoms with van der Waals surface area (Å²) in [7, 11) is 0. The summed E-state index contributed by atoms with van der Waals surface area (Å²) in [4.78, 5) is 21.8. The Hall–Kier alpha value is -2.03. The summed E-state index contributed by atoms with van der Waals surface area (Å²) in [5.41, 5.74) is 3.25. The zero-order valence-corrected chi connectivity index (χ0v) is 13.9. The van der Waals surface area contributed by atoms with Crippen molar-refractivity contribution in [2.45, 2.75) is 11.3 Å². The zero-order chi connectivity index (χ0) is 16.7. The Morgan fingerprint density at radius 3 is 2.70 bits per heavy atom. The average Bonchev–Trinajstić information content (AvgIpc) is 2.95. The highest BCUT2D eigenvalue weighted by molar-refractivity contribution is 7.15. The van der Waals surface area contributed by atoms with Crippen LogP contribution in [0.2, 0.25) is 0 Å². The Kier molecular flexibility index (Phi) is 6.45. The molecule has 0 aliphatic rings. The van der Waals surface area contributed by atoms with E-state index in [1.54, 1.807) is 0 Å². The number of hydrogen-bond acceptors (Lipinski definition) is 6. The minimum atomic E-state index is -1.20. The van der Waals surface area contributed by atoms with E-state index in [9.17, 15) is 9.59 Å². The van der Waals surface area contributed by atoms with E-state index in [-0.39, 0.29) is 17.5 Å². The first kappa shape index (κ1) is 17.3. The van der Waals surface area contributed by atoms with E-state index in [1.807, 2.05) is 30.3 Å². The van der Waals surface area contributed by atoms with Gasteiger partial charge >= 0.3 is 0 Å². The number of alkyl halides is 2. The molecule has 0 saturated carbocycles. The summed E-state index contributed by atoms with van der Waals surface area (Å²) in [6, 6.07) is 9.34. The number of nitrogens with zero attached hydrogens (tertiary/aromatic N) is 3. The molecular weight excluding hydrogens is 361 g/mol. The number of carbonyl (C=O) groups is 2. The predicted octanol–water partition coefficient (Wildman–Crippen LogP) is 1.97. The largest absolute Gasteiger partial charge is 0.298 e. The van der Waals surface area contributed by atoms with Gasteiger partial charge in [-0.15, -0.1) is 10.2 Å². The Bertz CT molecular complexity index is 705. The highest BCUT2D eigenvalue weighted by Crippen LogP contribution is 2.17. The third kappa shape index (κ3) is 5.93. The van der Waals surface area contributed by atoms with E-state index in [0.717, 1.165) is 16.9 Å². The summed E-state index contributed by atoms with van der Waals surface area (Å²) < 4.78 is 0. The third-order valence-corrected chi connectivity index (χ3v) is 3.64. The molecule has 0 fully saturated rings. The number of rotatable bonds is 6. The highest BCUT2D eigenvalue weighted by atomic mass is 35.5. The molecule has 2 amide bonds. The van der Waals surface area contributed by atoms with Crippen LogP contribution in [0.25, 0.3) is 0 Å². The monoisotopic (exact) mass is 371 g/mol. The van der Waals surface area contributed by atoms with Gasteiger partial charge in [-0.25, -0.2) is 5.43 Å². The smallest absolute Gasteiger partial charge is 0.259 e. The third-order valence-electron chi connectivity index (χ3n) is 2.41. The molecular formula is C13H11Cl2N5O2S. The maximum atomic E-state index is 11.7. The molecule has 0 bridgehead atoms. The number of halogens is 2. The van der Waals surface area contributed by atoms with Gasteiger partial charge in [0.15, 0.2) is 4.84 Å². The van der Waals surface area contributed by atoms with Gasteiger partial charge in [-0.2, -0.15) is 5.10 Å². The van der Waals surface area contributed by atoms with Gasteiger partial charge in [-0.3, -0.25) is 14.9 Å². The van der Waals surface area contributed by atoms with E-state index >= 15 is 0 Å². The molecule has 0 atom stereocenters. The van der Waals surface area contributed by atoms with Crippen molar-refractivity contribution < 1.29 is 9.59 Å². The summed E-state index contributed by atoms with van der Waals surface area (Å²) in [5.74, 6) is -0.952. The molecule has 1 heterocycles. The Balaban J connectivity index is 1.83. The van der Waals surface area contributed by atoms with Crippen LogP contribution in [0, 0.1) is 0 Å². The van der Waals surface area contributed by atoms with E-state index in [0.29, 0.717) is 5.01 Å². The molecule has 0 spiro atoms. The predicted molar refractivity (Wildman–Crippen MR) is 89.9 cm³/mol. The van der Waals surface area contributed by atoms with Gasteiger partial charge in [0, 0.05) is 0 Å². The number of carbonyl (C=O) groups excluding carboxylic acids is 2. The van der Waals surface area contributed by atoms with Gasteiger partial charge in [-0.1, -0.05) is 64.9 Å². The van der Waals surface area contributed by atoms with E-state index in [4.69, 9.17) is 23.2 Å². The molecule has 0 unspecified atom stereocenters. The van der Waals surface area contributed by atoms with E-state index in [1.165, 1.54) is 6.21 Å². The summed E-state index contributed by atoms with van der Waals surface area (Å²) in [6.07, 6.45) is 1.52. The number of amides is 2. The summed E-state index contributed by atoms with van der Waals surface area (Å²) >= 11 is 11.9. The lowest BCUT2D eigenvalue weighted by Gasteiger charge is -1.99. The molecule has 2 aromatic rings. The van der Waals surface area contributed by atoms with Gasteiger partial charge in [0.25, 0.3) is 5.91 Å². The second-order valence-corrected chi connectivity index (χ2v) is 6.33. The van der Waals surface area contributed by atoms with Crippen molar-refractivity contribution in [1.29, 1.82) is 0 Å². The van der Waals surface area contributed by atoms with Crippen LogP contribution < -0.4 is 10.7 Å². The maximum absolute atomic E-state index is 11.7. The molecule has 0 aliphatic heterocycles. The topological polar surface area (TPSA) is 96.3 Å². The molecule has 23 heavy (non-hydrogen) atoms. The molecule has 0 aliphatic carbocycles. The molecule has 0 radical (unpaired) electrons. The number of hydrogen-bond donors (Lipinski definition) is 2. The van der Waals surface area contributed by atoms with Crippen LogP contribution in [0.4, 0.5) is 5.13 Å². The lowest BCUT2D eigenvalue weighted by atomic mass is 10.2. The lowest BCUT2D eigenvalue weighted by molar-refractivity contribution is -0.120. The molecule has 10 heteroatoms. The maximum Gasteiger partial charge on any atom is 0.259 e. The average molecular weight is 372 g/mol. The SMILES string of the molecule is O=C(Cc1nnc(NC(=O)C(Cl)Cl)s1)N/N=C\c1ccccc1. The fourth-order valence-corrected chi connectivity index (χ4v) is 2.28. The van der Waals surface area contributed by atoms with Gasteiger partial charge in [-0.05, 0) is 5.56 Å². The number of hydrazone groups is 1. The molecule has 2 N–H and O–H groups in total. The summed E-state index contributed by atoms with van der Waals surface area (Å²) in [6.45, 7) is 0. The minimum Gasteiger partial charge on any atom is -0.298 e. The normalized spacial score (nSPS) is 10.9. The molecule has 0 saturated heterocycles. The zero-order valence-electron chi connectivity index (χ0n) is 11.6. The van der Waals surface area contributed by atoms with Gasteiger partial charge in [0.05, 0.1) is 12.6 Å². The van der Waals surface area contributed by atoms with Crippen molar-refractivity contribution >= 4 is 57.7 Å². The van der Waals surface area contributed by atoms with Crippen LogP contribution in [0.1, 0.15) is 10.6 Å². The molecule has 120 valence electrons. The quantitative estimate of drug-likeness (QED) is 0.460. The fraction of sp³-hybridized carbons (Fsp3) is 0.154. The Morgan fingerprint density at radius 1 is 1.26 bits per heavy atom. The number of aromatic nitrogens is 2. The first-order valence-electron chi connectivity index (χ1n) is 6.33. The molecule has 1 aromatic heterocycles. The second-order valence-electron chi connectivity index (χ2n) is 4.17. The lowest BCUT2D eigenvalue weighted by Crippen LogP contribution is -2.19. The molecule has 2 rings (SSSR count). The van der Waals surface area contributed by atoms with Crippen molar-refractivity contribution in [1.82, 2.24) is 15.6 Å². The van der Waals surface area contributed by atoms with Crippen molar-refractivity contribution in [2.75, 3.05) is 5.32 Å². The van der Waals surface area contributed by atoms with E-state index in [2.05, 4.69) is 26.0 Å². The first-order chi connectivity index (χ1) is 11.0. The first-order valence-corrected chi connectivity index (χ1v) is 8.02. The highest BCUT2D eigenvalue weighted by Gasteiger charge is 2.15. The van der Waals surface area contributed by atoms with Gasteiger partial charge < -0.3 is 0 Å². The minimum absolute atomic E-state index is 0.00908. The van der Waals surface area contributed by atoms with Crippen LogP contribution in [-0.4, -0.2) is 33.1 Å². The van der Waals surface area contributed by atoms with Crippen LogP contribution >= 0.6 is 34.5 Å². The number of anilines is 1. The Morgan fingerprint density at radius 2 is 2.00 bits per heavy atom. The van der Waals surface area contributed by atoms with E-state index < -0.39 is 10.7 Å². The second kappa shape index (κ2) is 8.56. The fourth-order valence-electron chi connectivity index (χ4n) is 1.43.